The second kappa shape index (κ2) is 8.89. The Balaban J connectivity index is 1.63. The van der Waals surface area contributed by atoms with Gasteiger partial charge in [-0.05, 0) is 79.9 Å². The van der Waals surface area contributed by atoms with Crippen molar-refractivity contribution >= 4 is 31.9 Å². The second-order valence-electron chi connectivity index (χ2n) is 10.7. The number of halogens is 2. The van der Waals surface area contributed by atoms with Gasteiger partial charge in [0.15, 0.2) is 0 Å². The van der Waals surface area contributed by atoms with E-state index in [-0.39, 0.29) is 0 Å². The monoisotopic (exact) mass is 638 g/mol. The molecule has 2 aliphatic carbocycles. The molecule has 8 rings (SSSR count). The normalized spacial score (nSPS) is 17.6. The highest BCUT2D eigenvalue weighted by Crippen LogP contribution is 2.65. The fourth-order valence-corrected chi connectivity index (χ4v) is 8.10. The Morgan fingerprint density at radius 2 is 0.775 bits per heavy atom. The molecule has 2 heteroatoms. The summed E-state index contributed by atoms with van der Waals surface area (Å²) in [5.74, 6) is 0. The third kappa shape index (κ3) is 3.01. The average Bonchev–Trinajstić information content (AvgIpc) is 3.32. The van der Waals surface area contributed by atoms with Crippen molar-refractivity contribution in [2.24, 2.45) is 0 Å². The molecule has 0 nitrogen and oxygen atoms in total. The molecule has 0 saturated carbocycles. The van der Waals surface area contributed by atoms with E-state index in [0.29, 0.717) is 0 Å². The zero-order valence-corrected chi connectivity index (χ0v) is 24.8. The van der Waals surface area contributed by atoms with Crippen molar-refractivity contribution in [3.05, 3.63) is 199 Å². The van der Waals surface area contributed by atoms with Gasteiger partial charge in [-0.15, -0.1) is 0 Å². The van der Waals surface area contributed by atoms with Crippen LogP contribution in [0.5, 0.6) is 0 Å². The van der Waals surface area contributed by atoms with E-state index in [1.807, 2.05) is 0 Å². The molecule has 0 spiro atoms. The Bertz CT molecular complexity index is 1860. The van der Waals surface area contributed by atoms with Gasteiger partial charge in [0, 0.05) is 8.95 Å². The van der Waals surface area contributed by atoms with Gasteiger partial charge >= 0.3 is 0 Å². The van der Waals surface area contributed by atoms with Crippen molar-refractivity contribution in [3.8, 4) is 11.1 Å². The number of hydrogen-bond donors (Lipinski definition) is 0. The number of hydrogen-bond acceptors (Lipinski definition) is 0. The molecule has 2 aliphatic rings. The predicted octanol–water partition coefficient (Wildman–Crippen LogP) is 10.3. The summed E-state index contributed by atoms with van der Waals surface area (Å²) in [5, 5.41) is 0. The predicted molar refractivity (Wildman–Crippen MR) is 171 cm³/mol. The van der Waals surface area contributed by atoms with Crippen LogP contribution in [0.2, 0.25) is 0 Å². The van der Waals surface area contributed by atoms with Crippen LogP contribution in [0.25, 0.3) is 11.1 Å². The van der Waals surface area contributed by atoms with Gasteiger partial charge in [0.2, 0.25) is 0 Å². The van der Waals surface area contributed by atoms with E-state index >= 15 is 0 Å². The molecule has 1 unspecified atom stereocenters. The Kier molecular flexibility index (Phi) is 5.36. The Hall–Kier alpha value is -3.72. The SMILES string of the molecule is Brc1ccc(C2(c3ccc(Br)cc3)c3ccccc3C3(c4ccccc4)c4ccccc4-c4cccc2c43)cc1. The van der Waals surface area contributed by atoms with Gasteiger partial charge in [-0.25, -0.2) is 0 Å². The van der Waals surface area contributed by atoms with Crippen LogP contribution in [0, 0.1) is 0 Å². The van der Waals surface area contributed by atoms with Crippen LogP contribution < -0.4 is 0 Å². The summed E-state index contributed by atoms with van der Waals surface area (Å²) >= 11 is 7.40. The standard InChI is InChI=1S/C38H24Br2/c39-28-21-17-26(18-22-28)37(27-19-23-29(40)24-20-27)33-14-6-7-15-34(33)38(25-9-2-1-3-10-25)32-13-5-4-11-30(32)31-12-8-16-35(37)36(31)38/h1-24H. The molecule has 0 N–H and O–H groups in total. The topological polar surface area (TPSA) is 0 Å². The molecule has 190 valence electrons. The Morgan fingerprint density at radius 3 is 1.40 bits per heavy atom. The maximum atomic E-state index is 3.70. The van der Waals surface area contributed by atoms with Crippen molar-refractivity contribution in [1.82, 2.24) is 0 Å². The van der Waals surface area contributed by atoms with E-state index in [1.54, 1.807) is 0 Å². The minimum Gasteiger partial charge on any atom is -0.0622 e. The zero-order chi connectivity index (χ0) is 26.9. The van der Waals surface area contributed by atoms with Crippen LogP contribution >= 0.6 is 31.9 Å². The molecule has 0 aromatic heterocycles. The van der Waals surface area contributed by atoms with E-state index in [4.69, 9.17) is 0 Å². The number of rotatable bonds is 3. The van der Waals surface area contributed by atoms with Crippen LogP contribution in [0.3, 0.4) is 0 Å². The first-order valence-electron chi connectivity index (χ1n) is 13.6. The van der Waals surface area contributed by atoms with E-state index in [9.17, 15) is 0 Å². The Labute approximate surface area is 251 Å². The Morgan fingerprint density at radius 1 is 0.325 bits per heavy atom. The summed E-state index contributed by atoms with van der Waals surface area (Å²) in [6.45, 7) is 0. The van der Waals surface area contributed by atoms with Crippen LogP contribution in [-0.2, 0) is 10.8 Å². The minimum atomic E-state index is -0.496. The first kappa shape index (κ1) is 24.1. The van der Waals surface area contributed by atoms with Gasteiger partial charge in [-0.2, -0.15) is 0 Å². The lowest BCUT2D eigenvalue weighted by atomic mass is 9.52. The molecule has 0 bridgehead atoms. The summed E-state index contributed by atoms with van der Waals surface area (Å²) in [6.07, 6.45) is 0. The lowest BCUT2D eigenvalue weighted by Crippen LogP contribution is -2.44. The third-order valence-corrected chi connectivity index (χ3v) is 10.0. The molecule has 0 radical (unpaired) electrons. The summed E-state index contributed by atoms with van der Waals surface area (Å²) in [4.78, 5) is 0. The highest BCUT2D eigenvalue weighted by Gasteiger charge is 2.57. The first-order chi connectivity index (χ1) is 19.7. The van der Waals surface area contributed by atoms with Gasteiger partial charge in [0.05, 0.1) is 10.8 Å². The molecule has 0 saturated heterocycles. The molecule has 6 aromatic carbocycles. The van der Waals surface area contributed by atoms with E-state index in [1.165, 1.54) is 55.6 Å². The number of benzene rings is 6. The van der Waals surface area contributed by atoms with E-state index < -0.39 is 10.8 Å². The second-order valence-corrected chi connectivity index (χ2v) is 12.5. The fourth-order valence-electron chi connectivity index (χ4n) is 7.57. The lowest BCUT2D eigenvalue weighted by Gasteiger charge is -2.49. The van der Waals surface area contributed by atoms with Crippen molar-refractivity contribution in [2.45, 2.75) is 10.8 Å². The van der Waals surface area contributed by atoms with E-state index in [0.717, 1.165) is 8.95 Å². The maximum absolute atomic E-state index is 3.70. The molecule has 40 heavy (non-hydrogen) atoms. The maximum Gasteiger partial charge on any atom is 0.0720 e. The third-order valence-electron chi connectivity index (χ3n) is 8.96. The smallest absolute Gasteiger partial charge is 0.0622 e. The molecule has 0 aliphatic heterocycles. The van der Waals surface area contributed by atoms with Gasteiger partial charge in [-0.1, -0.05) is 153 Å². The fraction of sp³-hybridized carbons (Fsp3) is 0.0526. The van der Waals surface area contributed by atoms with Crippen molar-refractivity contribution in [1.29, 1.82) is 0 Å². The first-order valence-corrected chi connectivity index (χ1v) is 15.2. The summed E-state index contributed by atoms with van der Waals surface area (Å²) in [6, 6.07) is 54.1. The minimum absolute atomic E-state index is 0.408. The zero-order valence-electron chi connectivity index (χ0n) is 21.6. The largest absolute Gasteiger partial charge is 0.0720 e. The van der Waals surface area contributed by atoms with Crippen molar-refractivity contribution < 1.29 is 0 Å². The highest BCUT2D eigenvalue weighted by atomic mass is 79.9. The number of fused-ring (bicyclic) bond motifs is 5. The molecule has 0 amide bonds. The lowest BCUT2D eigenvalue weighted by molar-refractivity contribution is 0.626. The molecular weight excluding hydrogens is 616 g/mol. The van der Waals surface area contributed by atoms with Gasteiger partial charge in [-0.3, -0.25) is 0 Å². The highest BCUT2D eigenvalue weighted by molar-refractivity contribution is 9.10. The van der Waals surface area contributed by atoms with Crippen molar-refractivity contribution in [2.75, 3.05) is 0 Å². The molecule has 6 aromatic rings. The van der Waals surface area contributed by atoms with Gasteiger partial charge in [0.1, 0.15) is 0 Å². The average molecular weight is 640 g/mol. The van der Waals surface area contributed by atoms with Crippen LogP contribution in [0.15, 0.2) is 155 Å². The molecule has 0 heterocycles. The van der Waals surface area contributed by atoms with Crippen LogP contribution in [-0.4, -0.2) is 0 Å². The summed E-state index contributed by atoms with van der Waals surface area (Å²) in [5.41, 5.74) is 12.3. The quantitative estimate of drug-likeness (QED) is 0.180. The molecule has 1 atom stereocenters. The van der Waals surface area contributed by atoms with Crippen LogP contribution in [0.1, 0.15) is 44.5 Å². The van der Waals surface area contributed by atoms with E-state index in [2.05, 4.69) is 177 Å². The van der Waals surface area contributed by atoms with Gasteiger partial charge in [0.25, 0.3) is 0 Å². The molecule has 0 fully saturated rings. The molecular formula is C38H24Br2. The summed E-state index contributed by atoms with van der Waals surface area (Å²) in [7, 11) is 0. The van der Waals surface area contributed by atoms with Gasteiger partial charge < -0.3 is 0 Å². The van der Waals surface area contributed by atoms with Crippen molar-refractivity contribution in [3.63, 3.8) is 0 Å². The van der Waals surface area contributed by atoms with Crippen LogP contribution in [0.4, 0.5) is 0 Å². The summed E-state index contributed by atoms with van der Waals surface area (Å²) < 4.78 is 2.16.